The first-order valence-corrected chi connectivity index (χ1v) is 12.2. The summed E-state index contributed by atoms with van der Waals surface area (Å²) in [5.41, 5.74) is 3.37. The molecule has 0 bridgehead atoms. The monoisotopic (exact) mass is 539 g/mol. The summed E-state index contributed by atoms with van der Waals surface area (Å²) in [5, 5.41) is 6.47. The van der Waals surface area contributed by atoms with E-state index in [0.717, 1.165) is 21.5 Å². The maximum atomic E-state index is 13.7. The standard InChI is InChI=1S/C22H17Cl2F2N3S2.CO2/c1-11(2)30-21-20(13-4-5-18(23)19(24)8-13)27-22(31-21)29-10-17(12(3)28-29)14-6-15(25)9-16(26)7-14;2-1-3/h4-11H,1-3H3;. The molecule has 0 spiro atoms. The number of carbonyl (C=O) groups excluding carboxylic acids is 2. The van der Waals surface area contributed by atoms with Gasteiger partial charge in [0.2, 0.25) is 5.13 Å². The quantitative estimate of drug-likeness (QED) is 0.246. The van der Waals surface area contributed by atoms with Gasteiger partial charge in [-0.1, -0.05) is 54.5 Å². The fourth-order valence-corrected chi connectivity index (χ4v) is 5.81. The van der Waals surface area contributed by atoms with E-state index in [2.05, 4.69) is 18.9 Å². The zero-order valence-electron chi connectivity index (χ0n) is 18.1. The van der Waals surface area contributed by atoms with Crippen LogP contribution in [0.1, 0.15) is 19.5 Å². The number of thiazole rings is 1. The number of thioether (sulfide) groups is 1. The molecule has 0 N–H and O–H groups in total. The molecule has 0 aliphatic carbocycles. The molecule has 176 valence electrons. The highest BCUT2D eigenvalue weighted by Gasteiger charge is 2.19. The van der Waals surface area contributed by atoms with Crippen LogP contribution in [0.5, 0.6) is 0 Å². The number of aryl methyl sites for hydroxylation is 1. The van der Waals surface area contributed by atoms with Crippen molar-refractivity contribution < 1.29 is 18.4 Å². The predicted octanol–water partition coefficient (Wildman–Crippen LogP) is 7.47. The summed E-state index contributed by atoms with van der Waals surface area (Å²) in [6.07, 6.45) is 1.99. The Labute approximate surface area is 212 Å². The molecule has 2 aromatic carbocycles. The van der Waals surface area contributed by atoms with Crippen molar-refractivity contribution in [3.05, 3.63) is 70.0 Å². The van der Waals surface area contributed by atoms with E-state index in [-0.39, 0.29) is 6.15 Å². The number of halogens is 4. The first-order valence-electron chi connectivity index (χ1n) is 9.78. The first kappa shape index (κ1) is 26.1. The zero-order chi connectivity index (χ0) is 25.0. The molecule has 2 aromatic heterocycles. The Kier molecular flexibility index (Phi) is 8.62. The number of aromatic nitrogens is 3. The summed E-state index contributed by atoms with van der Waals surface area (Å²) >= 11 is 15.5. The van der Waals surface area contributed by atoms with Crippen molar-refractivity contribution in [2.45, 2.75) is 30.2 Å². The molecule has 2 heterocycles. The third-order valence-electron chi connectivity index (χ3n) is 4.39. The van der Waals surface area contributed by atoms with Crippen molar-refractivity contribution in [3.63, 3.8) is 0 Å². The number of hydrogen-bond donors (Lipinski definition) is 0. The lowest BCUT2D eigenvalue weighted by molar-refractivity contribution is -0.191. The molecule has 4 aromatic rings. The Bertz CT molecular complexity index is 1350. The van der Waals surface area contributed by atoms with Crippen molar-refractivity contribution >= 4 is 52.5 Å². The largest absolute Gasteiger partial charge is 0.373 e. The van der Waals surface area contributed by atoms with Crippen LogP contribution in [0.25, 0.3) is 27.5 Å². The highest BCUT2D eigenvalue weighted by Crippen LogP contribution is 2.41. The highest BCUT2D eigenvalue weighted by atomic mass is 35.5. The van der Waals surface area contributed by atoms with Gasteiger partial charge in [-0.05, 0) is 36.8 Å². The van der Waals surface area contributed by atoms with E-state index >= 15 is 0 Å². The van der Waals surface area contributed by atoms with Crippen molar-refractivity contribution in [2.24, 2.45) is 0 Å². The van der Waals surface area contributed by atoms with E-state index in [0.29, 0.717) is 37.2 Å². The molecule has 0 radical (unpaired) electrons. The molecule has 0 aliphatic rings. The SMILES string of the molecule is Cc1nn(-c2nc(-c3ccc(Cl)c(Cl)c3)c(SC(C)C)s2)cc1-c1cc(F)cc(F)c1.O=C=O. The van der Waals surface area contributed by atoms with Gasteiger partial charge < -0.3 is 0 Å². The molecule has 0 unspecified atom stereocenters. The van der Waals surface area contributed by atoms with Gasteiger partial charge in [0.15, 0.2) is 0 Å². The maximum Gasteiger partial charge on any atom is 0.373 e. The zero-order valence-corrected chi connectivity index (χ0v) is 21.3. The summed E-state index contributed by atoms with van der Waals surface area (Å²) < 4.78 is 30.1. The summed E-state index contributed by atoms with van der Waals surface area (Å²) in [5.74, 6) is -1.26. The smallest absolute Gasteiger partial charge is 0.217 e. The van der Waals surface area contributed by atoms with Crippen LogP contribution in [-0.4, -0.2) is 26.2 Å². The summed E-state index contributed by atoms with van der Waals surface area (Å²) in [6, 6.07) is 8.86. The molecule has 0 aliphatic heterocycles. The van der Waals surface area contributed by atoms with E-state index in [1.165, 1.54) is 23.5 Å². The minimum absolute atomic E-state index is 0.250. The predicted molar refractivity (Wildman–Crippen MR) is 131 cm³/mol. The van der Waals surface area contributed by atoms with Crippen molar-refractivity contribution in [1.82, 2.24) is 14.8 Å². The average molecular weight is 540 g/mol. The number of nitrogens with zero attached hydrogens (tertiary/aromatic N) is 3. The molecule has 0 saturated heterocycles. The van der Waals surface area contributed by atoms with E-state index in [1.54, 1.807) is 41.7 Å². The Morgan fingerprint density at radius 2 is 1.68 bits per heavy atom. The Morgan fingerprint density at radius 3 is 2.26 bits per heavy atom. The summed E-state index contributed by atoms with van der Waals surface area (Å²) in [7, 11) is 0. The first-order chi connectivity index (χ1) is 16.1. The highest BCUT2D eigenvalue weighted by molar-refractivity contribution is 8.01. The minimum atomic E-state index is -0.631. The Hall–Kier alpha value is -2.55. The third kappa shape index (κ3) is 6.11. The van der Waals surface area contributed by atoms with Crippen LogP contribution in [0.15, 0.2) is 46.8 Å². The van der Waals surface area contributed by atoms with Gasteiger partial charge in [-0.3, -0.25) is 0 Å². The van der Waals surface area contributed by atoms with Gasteiger partial charge in [0, 0.05) is 28.6 Å². The molecule has 4 rings (SSSR count). The molecular weight excluding hydrogens is 523 g/mol. The van der Waals surface area contributed by atoms with Crippen LogP contribution in [0, 0.1) is 18.6 Å². The van der Waals surface area contributed by atoms with Crippen LogP contribution in [-0.2, 0) is 9.59 Å². The van der Waals surface area contributed by atoms with E-state index in [9.17, 15) is 8.78 Å². The molecule has 0 saturated carbocycles. The van der Waals surface area contributed by atoms with Gasteiger partial charge in [-0.15, -0.1) is 11.8 Å². The Balaban J connectivity index is 0.00000103. The molecule has 11 heteroatoms. The minimum Gasteiger partial charge on any atom is -0.217 e. The van der Waals surface area contributed by atoms with Crippen LogP contribution in [0.3, 0.4) is 0 Å². The Morgan fingerprint density at radius 1 is 1.03 bits per heavy atom. The van der Waals surface area contributed by atoms with E-state index in [1.807, 2.05) is 6.07 Å². The molecule has 5 nitrogen and oxygen atoms in total. The summed E-state index contributed by atoms with van der Waals surface area (Å²) in [4.78, 5) is 21.1. The lowest BCUT2D eigenvalue weighted by Gasteiger charge is -2.05. The maximum absolute atomic E-state index is 13.7. The van der Waals surface area contributed by atoms with Crippen molar-refractivity contribution in [1.29, 1.82) is 0 Å². The molecule has 0 fully saturated rings. The second-order valence-electron chi connectivity index (χ2n) is 7.24. The summed E-state index contributed by atoms with van der Waals surface area (Å²) in [6.45, 7) is 6.01. The molecule has 0 atom stereocenters. The number of hydrogen-bond acceptors (Lipinski definition) is 6. The van der Waals surface area contributed by atoms with Gasteiger partial charge in [0.1, 0.15) is 11.6 Å². The fourth-order valence-electron chi connectivity index (χ4n) is 3.06. The second-order valence-corrected chi connectivity index (χ2v) is 10.9. The number of rotatable bonds is 5. The van der Waals surface area contributed by atoms with E-state index in [4.69, 9.17) is 37.8 Å². The average Bonchev–Trinajstić information content (AvgIpc) is 3.33. The van der Waals surface area contributed by atoms with Crippen LogP contribution in [0.4, 0.5) is 8.78 Å². The van der Waals surface area contributed by atoms with Gasteiger partial charge in [0.25, 0.3) is 0 Å². The van der Waals surface area contributed by atoms with Crippen molar-refractivity contribution in [2.75, 3.05) is 0 Å². The third-order valence-corrected chi connectivity index (χ3v) is 7.39. The van der Waals surface area contributed by atoms with Gasteiger partial charge in [0.05, 0.1) is 25.6 Å². The molecular formula is C23H17Cl2F2N3O2S2. The van der Waals surface area contributed by atoms with Gasteiger partial charge in [-0.2, -0.15) is 14.7 Å². The van der Waals surface area contributed by atoms with Crippen molar-refractivity contribution in [3.8, 4) is 27.5 Å². The second kappa shape index (κ2) is 11.3. The lowest BCUT2D eigenvalue weighted by atomic mass is 10.1. The molecule has 0 amide bonds. The van der Waals surface area contributed by atoms with E-state index < -0.39 is 11.6 Å². The normalized spacial score (nSPS) is 10.7. The van der Waals surface area contributed by atoms with Gasteiger partial charge in [-0.25, -0.2) is 18.4 Å². The lowest BCUT2D eigenvalue weighted by Crippen LogP contribution is -1.94. The van der Waals surface area contributed by atoms with Crippen LogP contribution < -0.4 is 0 Å². The van der Waals surface area contributed by atoms with Crippen LogP contribution >= 0.6 is 46.3 Å². The topological polar surface area (TPSA) is 64.8 Å². The molecule has 34 heavy (non-hydrogen) atoms. The van der Waals surface area contributed by atoms with Crippen LogP contribution in [0.2, 0.25) is 10.0 Å². The fraction of sp³-hybridized carbons (Fsp3) is 0.174. The number of benzene rings is 2. The van der Waals surface area contributed by atoms with Gasteiger partial charge >= 0.3 is 6.15 Å².